The highest BCUT2D eigenvalue weighted by atomic mass is 16.5. The molecule has 1 atom stereocenters. The Morgan fingerprint density at radius 3 is 2.90 bits per heavy atom. The number of nitrogens with two attached hydrogens (primary N) is 1. The zero-order chi connectivity index (χ0) is 22.4. The number of anilines is 1. The van der Waals surface area contributed by atoms with Crippen LogP contribution < -0.4 is 16.4 Å². The fourth-order valence-electron chi connectivity index (χ4n) is 3.38. The minimum absolute atomic E-state index is 0.103. The highest BCUT2D eigenvalue weighted by Gasteiger charge is 2.25. The molecule has 0 bridgehead atoms. The van der Waals surface area contributed by atoms with Gasteiger partial charge in [0.2, 0.25) is 0 Å². The number of carbonyl (C=O) groups excluding carboxylic acids is 2. The van der Waals surface area contributed by atoms with Crippen molar-refractivity contribution in [3.8, 4) is 0 Å². The number of aryl methyl sites for hydroxylation is 3. The number of ether oxygens (including phenoxy) is 1. The van der Waals surface area contributed by atoms with Crippen molar-refractivity contribution in [1.82, 2.24) is 20.1 Å². The van der Waals surface area contributed by atoms with Gasteiger partial charge in [-0.1, -0.05) is 6.07 Å². The molecule has 1 aliphatic heterocycles. The maximum absolute atomic E-state index is 11.8. The Morgan fingerprint density at radius 2 is 2.19 bits per heavy atom. The molecule has 0 spiro atoms. The van der Waals surface area contributed by atoms with Gasteiger partial charge >= 0.3 is 12.1 Å². The number of alkyl carbamates (subject to hydrolysis) is 1. The number of nitrogens with one attached hydrogen (secondary N) is 2. The van der Waals surface area contributed by atoms with Gasteiger partial charge in [-0.3, -0.25) is 9.48 Å². The van der Waals surface area contributed by atoms with Crippen LogP contribution in [0.5, 0.6) is 0 Å². The van der Waals surface area contributed by atoms with Crippen LogP contribution in [0, 0.1) is 0 Å². The molecule has 5 N–H and O–H groups in total. The molecule has 0 aromatic carbocycles. The Hall–Kier alpha value is -3.63. The van der Waals surface area contributed by atoms with Gasteiger partial charge in [0.15, 0.2) is 0 Å². The molecular weight excluding hydrogens is 404 g/mol. The molecule has 0 unspecified atom stereocenters. The van der Waals surface area contributed by atoms with Crippen LogP contribution in [-0.4, -0.2) is 57.0 Å². The van der Waals surface area contributed by atoms with Crippen molar-refractivity contribution in [3.05, 3.63) is 40.8 Å². The van der Waals surface area contributed by atoms with E-state index in [1.807, 2.05) is 6.07 Å². The first-order valence-electron chi connectivity index (χ1n) is 10.1. The first-order chi connectivity index (χ1) is 14.9. The molecule has 166 valence electrons. The van der Waals surface area contributed by atoms with E-state index < -0.39 is 24.0 Å². The molecule has 11 nitrogen and oxygen atoms in total. The van der Waals surface area contributed by atoms with Crippen molar-refractivity contribution in [2.75, 3.05) is 18.5 Å². The van der Waals surface area contributed by atoms with Gasteiger partial charge in [0, 0.05) is 37.8 Å². The molecule has 1 aliphatic rings. The molecule has 3 rings (SSSR count). The Morgan fingerprint density at radius 1 is 1.39 bits per heavy atom. The summed E-state index contributed by atoms with van der Waals surface area (Å²) < 4.78 is 6.26. The van der Waals surface area contributed by atoms with E-state index >= 15 is 0 Å². The molecule has 3 heterocycles. The summed E-state index contributed by atoms with van der Waals surface area (Å²) in [7, 11) is 0. The normalized spacial score (nSPS) is 13.6. The second-order valence-electron chi connectivity index (χ2n) is 7.17. The molecule has 0 saturated heterocycles. The fraction of sp³-hybridized carbons (Fsp3) is 0.450. The molecule has 2 aromatic rings. The molecule has 2 aromatic heterocycles. The number of aromatic nitrogens is 3. The Balaban J connectivity index is 1.71. The van der Waals surface area contributed by atoms with Crippen LogP contribution in [0.4, 0.5) is 10.6 Å². The average Bonchev–Trinajstić information content (AvgIpc) is 3.15. The zero-order valence-electron chi connectivity index (χ0n) is 17.3. The molecule has 0 radical (unpaired) electrons. The predicted octanol–water partition coefficient (Wildman–Crippen LogP) is 0.720. The van der Waals surface area contributed by atoms with Gasteiger partial charge in [0.05, 0.1) is 17.9 Å². The topological polar surface area (TPSA) is 161 Å². The molecule has 0 saturated carbocycles. The number of amides is 2. The van der Waals surface area contributed by atoms with Crippen LogP contribution in [0.15, 0.2) is 18.3 Å². The maximum Gasteiger partial charge on any atom is 0.407 e. The van der Waals surface area contributed by atoms with E-state index in [2.05, 4.69) is 26.8 Å². The Kier molecular flexibility index (Phi) is 7.06. The molecule has 2 amide bonds. The summed E-state index contributed by atoms with van der Waals surface area (Å²) in [5.74, 6) is -1.10. The number of pyridine rings is 1. The standard InChI is InChI=1S/C20H26N6O5/c1-2-31-20(30)24-16(19(28)29)10-15-14(17(21)27)11-26(25-15)9-7-13-6-5-12-4-3-8-22-18(12)23-13/h5-6,11,16H,2-4,7-10H2,1H3,(H2,21,27)(H,22,23)(H,24,30)(H,28,29)/t16-/m0/s1. The van der Waals surface area contributed by atoms with Crippen molar-refractivity contribution in [2.45, 2.75) is 45.2 Å². The van der Waals surface area contributed by atoms with E-state index in [9.17, 15) is 19.5 Å². The first kappa shape index (κ1) is 22.1. The summed E-state index contributed by atoms with van der Waals surface area (Å²) in [5, 5.41) is 19.3. The lowest BCUT2D eigenvalue weighted by Crippen LogP contribution is -2.43. The van der Waals surface area contributed by atoms with Crippen molar-refractivity contribution in [2.24, 2.45) is 5.73 Å². The highest BCUT2D eigenvalue weighted by molar-refractivity contribution is 5.94. The second-order valence-corrected chi connectivity index (χ2v) is 7.17. The van der Waals surface area contributed by atoms with Crippen LogP contribution in [0.25, 0.3) is 0 Å². The van der Waals surface area contributed by atoms with Crippen molar-refractivity contribution < 1.29 is 24.2 Å². The van der Waals surface area contributed by atoms with Crippen LogP contribution in [0.2, 0.25) is 0 Å². The largest absolute Gasteiger partial charge is 0.480 e. The average molecular weight is 430 g/mol. The summed E-state index contributed by atoms with van der Waals surface area (Å²) in [6, 6.07) is 2.72. The number of carboxylic acid groups (broad SMARTS) is 1. The lowest BCUT2D eigenvalue weighted by Gasteiger charge is -2.17. The fourth-order valence-corrected chi connectivity index (χ4v) is 3.38. The summed E-state index contributed by atoms with van der Waals surface area (Å²) in [5.41, 5.74) is 7.81. The number of rotatable bonds is 9. The van der Waals surface area contributed by atoms with E-state index in [1.54, 1.807) is 6.92 Å². The van der Waals surface area contributed by atoms with Crippen molar-refractivity contribution in [3.63, 3.8) is 0 Å². The number of carboxylic acids is 1. The number of hydrogen-bond acceptors (Lipinski definition) is 7. The van der Waals surface area contributed by atoms with Gasteiger partial charge in [0.25, 0.3) is 5.91 Å². The molecule has 0 aliphatic carbocycles. The zero-order valence-corrected chi connectivity index (χ0v) is 17.3. The lowest BCUT2D eigenvalue weighted by atomic mass is 10.1. The van der Waals surface area contributed by atoms with Gasteiger partial charge < -0.3 is 26.2 Å². The number of hydrogen-bond donors (Lipinski definition) is 4. The van der Waals surface area contributed by atoms with Gasteiger partial charge in [-0.25, -0.2) is 14.6 Å². The first-order valence-corrected chi connectivity index (χ1v) is 10.1. The third-order valence-electron chi connectivity index (χ3n) is 4.92. The van der Waals surface area contributed by atoms with Gasteiger partial charge in [-0.05, 0) is 31.4 Å². The minimum Gasteiger partial charge on any atom is -0.480 e. The van der Waals surface area contributed by atoms with E-state index in [0.717, 1.165) is 30.9 Å². The lowest BCUT2D eigenvalue weighted by molar-refractivity contribution is -0.139. The summed E-state index contributed by atoms with van der Waals surface area (Å²) in [4.78, 5) is 39.6. The van der Waals surface area contributed by atoms with E-state index in [1.165, 1.54) is 16.4 Å². The maximum atomic E-state index is 11.8. The van der Waals surface area contributed by atoms with Crippen LogP contribution >= 0.6 is 0 Å². The molecular formula is C20H26N6O5. The number of fused-ring (bicyclic) bond motifs is 1. The number of carbonyl (C=O) groups is 3. The minimum atomic E-state index is -1.31. The summed E-state index contributed by atoms with van der Waals surface area (Å²) in [6.07, 6.45) is 3.07. The third-order valence-corrected chi connectivity index (χ3v) is 4.92. The summed E-state index contributed by atoms with van der Waals surface area (Å²) >= 11 is 0. The van der Waals surface area contributed by atoms with Crippen LogP contribution in [0.1, 0.15) is 40.7 Å². The van der Waals surface area contributed by atoms with E-state index in [4.69, 9.17) is 10.5 Å². The van der Waals surface area contributed by atoms with Gasteiger partial charge in [0.1, 0.15) is 11.9 Å². The third kappa shape index (κ3) is 5.71. The quantitative estimate of drug-likeness (QED) is 0.452. The highest BCUT2D eigenvalue weighted by Crippen LogP contribution is 2.20. The van der Waals surface area contributed by atoms with Crippen LogP contribution in [-0.2, 0) is 35.3 Å². The van der Waals surface area contributed by atoms with Crippen LogP contribution in [0.3, 0.4) is 0 Å². The smallest absolute Gasteiger partial charge is 0.407 e. The predicted molar refractivity (Wildman–Crippen MR) is 111 cm³/mol. The second kappa shape index (κ2) is 9.92. The summed E-state index contributed by atoms with van der Waals surface area (Å²) in [6.45, 7) is 3.04. The van der Waals surface area contributed by atoms with E-state index in [-0.39, 0.29) is 24.3 Å². The Bertz CT molecular complexity index is 973. The van der Waals surface area contributed by atoms with Crippen molar-refractivity contribution >= 4 is 23.8 Å². The number of primary amides is 1. The van der Waals surface area contributed by atoms with E-state index in [0.29, 0.717) is 13.0 Å². The number of nitrogens with zero attached hydrogens (tertiary/aromatic N) is 3. The Labute approximate surface area is 179 Å². The van der Waals surface area contributed by atoms with Crippen molar-refractivity contribution in [1.29, 1.82) is 0 Å². The van der Waals surface area contributed by atoms with Gasteiger partial charge in [-0.15, -0.1) is 0 Å². The molecule has 31 heavy (non-hydrogen) atoms. The SMILES string of the molecule is CCOC(=O)N[C@@H](Cc1nn(CCc2ccc3c(n2)NCCC3)cc1C(N)=O)C(=O)O. The number of aliphatic carboxylic acids is 1. The van der Waals surface area contributed by atoms with Gasteiger partial charge in [-0.2, -0.15) is 5.10 Å². The molecule has 0 fully saturated rings. The molecule has 11 heteroatoms. The monoisotopic (exact) mass is 430 g/mol.